The van der Waals surface area contributed by atoms with Gasteiger partial charge in [-0.25, -0.2) is 0 Å². The van der Waals surface area contributed by atoms with Gasteiger partial charge in [-0.1, -0.05) is 44.2 Å². The minimum absolute atomic E-state index is 0.216. The highest BCUT2D eigenvalue weighted by atomic mass is 19.4. The van der Waals surface area contributed by atoms with Crippen LogP contribution in [-0.4, -0.2) is 6.36 Å². The monoisotopic (exact) mass is 323 g/mol. The fraction of sp³-hybridized carbons (Fsp3) is 0.333. The van der Waals surface area contributed by atoms with E-state index in [-0.39, 0.29) is 12.3 Å². The lowest BCUT2D eigenvalue weighted by Crippen LogP contribution is -2.17. The lowest BCUT2D eigenvalue weighted by molar-refractivity contribution is -0.274. The molecule has 2 aromatic rings. The molecule has 0 aliphatic rings. The topological polar surface area (TPSA) is 35.2 Å². The SMILES string of the molecule is CC(C)Cc1ccc(-c2cc(CN)ccc2OC(F)(F)F)cc1. The first-order valence-corrected chi connectivity index (χ1v) is 7.46. The minimum atomic E-state index is -4.73. The lowest BCUT2D eigenvalue weighted by Gasteiger charge is -2.15. The molecule has 0 aliphatic carbocycles. The van der Waals surface area contributed by atoms with Crippen molar-refractivity contribution in [2.75, 3.05) is 0 Å². The van der Waals surface area contributed by atoms with Crippen molar-refractivity contribution in [3.05, 3.63) is 53.6 Å². The molecule has 2 rings (SSSR count). The van der Waals surface area contributed by atoms with Gasteiger partial charge in [0.1, 0.15) is 5.75 Å². The van der Waals surface area contributed by atoms with Crippen molar-refractivity contribution < 1.29 is 17.9 Å². The van der Waals surface area contributed by atoms with Crippen LogP contribution in [0.1, 0.15) is 25.0 Å². The van der Waals surface area contributed by atoms with Crippen LogP contribution in [0.25, 0.3) is 11.1 Å². The van der Waals surface area contributed by atoms with E-state index in [1.165, 1.54) is 12.1 Å². The van der Waals surface area contributed by atoms with Gasteiger partial charge in [0.25, 0.3) is 0 Å². The Morgan fingerprint density at radius 3 is 2.13 bits per heavy atom. The standard InChI is InChI=1S/C18H20F3NO/c1-12(2)9-13-3-6-15(7-4-13)16-10-14(11-22)5-8-17(16)23-18(19,20)21/h3-8,10,12H,9,11,22H2,1-2H3. The van der Waals surface area contributed by atoms with Gasteiger partial charge in [0.2, 0.25) is 0 Å². The quantitative estimate of drug-likeness (QED) is 0.848. The largest absolute Gasteiger partial charge is 0.573 e. The Balaban J connectivity index is 2.39. The number of benzene rings is 2. The number of alkyl halides is 3. The fourth-order valence-corrected chi connectivity index (χ4v) is 2.44. The van der Waals surface area contributed by atoms with E-state index >= 15 is 0 Å². The van der Waals surface area contributed by atoms with Gasteiger partial charge < -0.3 is 10.5 Å². The summed E-state index contributed by atoms with van der Waals surface area (Å²) >= 11 is 0. The predicted molar refractivity (Wildman–Crippen MR) is 85.0 cm³/mol. The third-order valence-corrected chi connectivity index (χ3v) is 3.41. The maximum absolute atomic E-state index is 12.6. The first-order chi connectivity index (χ1) is 10.8. The minimum Gasteiger partial charge on any atom is -0.405 e. The number of ether oxygens (including phenoxy) is 1. The van der Waals surface area contributed by atoms with Crippen LogP contribution >= 0.6 is 0 Å². The van der Waals surface area contributed by atoms with Gasteiger partial charge in [-0.05, 0) is 41.2 Å². The van der Waals surface area contributed by atoms with Crippen molar-refractivity contribution in [1.82, 2.24) is 0 Å². The predicted octanol–water partition coefficient (Wildman–Crippen LogP) is 4.91. The highest BCUT2D eigenvalue weighted by molar-refractivity contribution is 5.71. The van der Waals surface area contributed by atoms with Crippen LogP contribution in [0.4, 0.5) is 13.2 Å². The van der Waals surface area contributed by atoms with Crippen molar-refractivity contribution in [1.29, 1.82) is 0 Å². The van der Waals surface area contributed by atoms with Gasteiger partial charge in [0, 0.05) is 12.1 Å². The zero-order valence-corrected chi connectivity index (χ0v) is 13.2. The first-order valence-electron chi connectivity index (χ1n) is 7.46. The van der Waals surface area contributed by atoms with Gasteiger partial charge in [0.15, 0.2) is 0 Å². The highest BCUT2D eigenvalue weighted by Gasteiger charge is 2.32. The maximum atomic E-state index is 12.6. The second-order valence-electron chi connectivity index (χ2n) is 5.88. The summed E-state index contributed by atoms with van der Waals surface area (Å²) in [5.74, 6) is 0.303. The Labute approximate surface area is 134 Å². The molecule has 0 spiro atoms. The average molecular weight is 323 g/mol. The molecule has 0 atom stereocenters. The number of nitrogens with two attached hydrogens (primary N) is 1. The Kier molecular flexibility index (Phi) is 5.31. The molecule has 0 aromatic heterocycles. The normalized spacial score (nSPS) is 11.8. The molecule has 0 bridgehead atoms. The molecule has 5 heteroatoms. The Bertz CT molecular complexity index is 648. The zero-order chi connectivity index (χ0) is 17.0. The third-order valence-electron chi connectivity index (χ3n) is 3.41. The summed E-state index contributed by atoms with van der Waals surface area (Å²) < 4.78 is 41.9. The summed E-state index contributed by atoms with van der Waals surface area (Å²) in [4.78, 5) is 0. The molecule has 0 fully saturated rings. The van der Waals surface area contributed by atoms with Crippen molar-refractivity contribution in [2.24, 2.45) is 11.7 Å². The molecule has 2 N–H and O–H groups in total. The van der Waals surface area contributed by atoms with Gasteiger partial charge >= 0.3 is 6.36 Å². The smallest absolute Gasteiger partial charge is 0.405 e. The molecule has 0 unspecified atom stereocenters. The van der Waals surface area contributed by atoms with Crippen molar-refractivity contribution in [2.45, 2.75) is 33.2 Å². The molecule has 124 valence electrons. The Hall–Kier alpha value is -2.01. The zero-order valence-electron chi connectivity index (χ0n) is 13.2. The molecular weight excluding hydrogens is 303 g/mol. The number of hydrogen-bond donors (Lipinski definition) is 1. The summed E-state index contributed by atoms with van der Waals surface area (Å²) in [7, 11) is 0. The van der Waals surface area contributed by atoms with Crippen LogP contribution in [-0.2, 0) is 13.0 Å². The molecule has 0 radical (unpaired) electrons. The highest BCUT2D eigenvalue weighted by Crippen LogP contribution is 2.35. The van der Waals surface area contributed by atoms with E-state index in [1.807, 2.05) is 24.3 Å². The molecule has 23 heavy (non-hydrogen) atoms. The first kappa shape index (κ1) is 17.3. The summed E-state index contributed by atoms with van der Waals surface area (Å²) in [5.41, 5.74) is 8.55. The van der Waals surface area contributed by atoms with E-state index in [0.29, 0.717) is 17.0 Å². The second-order valence-corrected chi connectivity index (χ2v) is 5.88. The van der Waals surface area contributed by atoms with Crippen LogP contribution < -0.4 is 10.5 Å². The molecular formula is C18H20F3NO. The summed E-state index contributed by atoms with van der Waals surface area (Å²) in [5, 5.41) is 0. The van der Waals surface area contributed by atoms with Crippen molar-refractivity contribution >= 4 is 0 Å². The van der Waals surface area contributed by atoms with Crippen LogP contribution in [0.5, 0.6) is 5.75 Å². The lowest BCUT2D eigenvalue weighted by atomic mass is 9.97. The van der Waals surface area contributed by atoms with Gasteiger partial charge in [-0.2, -0.15) is 0 Å². The Morgan fingerprint density at radius 1 is 1.00 bits per heavy atom. The molecule has 2 aromatic carbocycles. The number of rotatable bonds is 5. The van der Waals surface area contributed by atoms with Crippen LogP contribution in [0, 0.1) is 5.92 Å². The van der Waals surface area contributed by atoms with Crippen LogP contribution in [0.15, 0.2) is 42.5 Å². The second kappa shape index (κ2) is 7.04. The van der Waals surface area contributed by atoms with E-state index in [4.69, 9.17) is 5.73 Å². The molecule has 0 heterocycles. The Morgan fingerprint density at radius 2 is 1.61 bits per heavy atom. The molecule has 0 amide bonds. The van der Waals surface area contributed by atoms with Crippen molar-refractivity contribution in [3.63, 3.8) is 0 Å². The summed E-state index contributed by atoms with van der Waals surface area (Å²) in [6.45, 7) is 4.49. The summed E-state index contributed by atoms with van der Waals surface area (Å²) in [6.07, 6.45) is -3.80. The summed E-state index contributed by atoms with van der Waals surface area (Å²) in [6, 6.07) is 12.0. The van der Waals surface area contributed by atoms with Gasteiger partial charge in [-0.15, -0.1) is 13.2 Å². The molecule has 0 saturated carbocycles. The van der Waals surface area contributed by atoms with Gasteiger partial charge in [-0.3, -0.25) is 0 Å². The molecule has 0 aliphatic heterocycles. The third kappa shape index (κ3) is 4.99. The van der Waals surface area contributed by atoms with E-state index in [9.17, 15) is 13.2 Å². The van der Waals surface area contributed by atoms with E-state index in [1.54, 1.807) is 6.07 Å². The number of halogens is 3. The van der Waals surface area contributed by atoms with Crippen LogP contribution in [0.2, 0.25) is 0 Å². The van der Waals surface area contributed by atoms with E-state index in [2.05, 4.69) is 18.6 Å². The average Bonchev–Trinajstić information content (AvgIpc) is 2.46. The van der Waals surface area contributed by atoms with Gasteiger partial charge in [0.05, 0.1) is 0 Å². The van der Waals surface area contributed by atoms with E-state index in [0.717, 1.165) is 17.5 Å². The maximum Gasteiger partial charge on any atom is 0.573 e. The fourth-order valence-electron chi connectivity index (χ4n) is 2.44. The number of hydrogen-bond acceptors (Lipinski definition) is 2. The molecule has 2 nitrogen and oxygen atoms in total. The van der Waals surface area contributed by atoms with Crippen LogP contribution in [0.3, 0.4) is 0 Å². The van der Waals surface area contributed by atoms with E-state index < -0.39 is 6.36 Å². The molecule has 0 saturated heterocycles. The van der Waals surface area contributed by atoms with Crippen molar-refractivity contribution in [3.8, 4) is 16.9 Å².